The number of carbonyl (C=O) groups is 2. The molecule has 0 bridgehead atoms. The number of hydrogen-bond donors (Lipinski definition) is 2. The first-order valence-electron chi connectivity index (χ1n) is 9.45. The average molecular weight is 358 g/mol. The maximum absolute atomic E-state index is 12.3. The summed E-state index contributed by atoms with van der Waals surface area (Å²) < 4.78 is 6.04. The number of benzene rings is 1. The Bertz CT molecular complexity index is 700. The average Bonchev–Trinajstić information content (AvgIpc) is 2.67. The predicted molar refractivity (Wildman–Crippen MR) is 99.7 cm³/mol. The van der Waals surface area contributed by atoms with Crippen LogP contribution >= 0.6 is 0 Å². The van der Waals surface area contributed by atoms with Gasteiger partial charge in [-0.2, -0.15) is 0 Å². The zero-order chi connectivity index (χ0) is 18.1. The van der Waals surface area contributed by atoms with Crippen molar-refractivity contribution in [2.45, 2.75) is 37.8 Å². The molecule has 3 aliphatic rings. The fraction of sp³-hybridized carbons (Fsp3) is 0.579. The third-order valence-corrected chi connectivity index (χ3v) is 5.69. The molecule has 7 nitrogen and oxygen atoms in total. The molecule has 7 heteroatoms. The van der Waals surface area contributed by atoms with Crippen molar-refractivity contribution in [3.8, 4) is 5.75 Å². The van der Waals surface area contributed by atoms with Crippen molar-refractivity contribution in [1.82, 2.24) is 10.6 Å². The first kappa shape index (κ1) is 17.1. The third-order valence-electron chi connectivity index (χ3n) is 5.69. The van der Waals surface area contributed by atoms with Gasteiger partial charge in [-0.1, -0.05) is 6.07 Å². The molecule has 3 aliphatic heterocycles. The molecule has 0 aliphatic carbocycles. The molecule has 140 valence electrons. The summed E-state index contributed by atoms with van der Waals surface area (Å²) in [7, 11) is 2.02. The van der Waals surface area contributed by atoms with Crippen molar-refractivity contribution < 1.29 is 14.3 Å². The molecular formula is C19H26N4O3. The van der Waals surface area contributed by atoms with Crippen molar-refractivity contribution in [1.29, 1.82) is 0 Å². The van der Waals surface area contributed by atoms with Crippen molar-refractivity contribution in [2.75, 3.05) is 43.1 Å². The molecule has 0 spiro atoms. The number of rotatable bonds is 3. The van der Waals surface area contributed by atoms with Gasteiger partial charge in [-0.3, -0.25) is 14.9 Å². The van der Waals surface area contributed by atoms with Crippen LogP contribution in [0.5, 0.6) is 5.75 Å². The van der Waals surface area contributed by atoms with E-state index in [0.29, 0.717) is 32.0 Å². The highest BCUT2D eigenvalue weighted by Gasteiger charge is 2.35. The molecule has 3 heterocycles. The maximum Gasteiger partial charge on any atom is 0.249 e. The van der Waals surface area contributed by atoms with Gasteiger partial charge in [0.2, 0.25) is 11.8 Å². The summed E-state index contributed by atoms with van der Waals surface area (Å²) in [5, 5.41) is 5.83. The van der Waals surface area contributed by atoms with Gasteiger partial charge < -0.3 is 19.9 Å². The fourth-order valence-electron chi connectivity index (χ4n) is 4.21. The van der Waals surface area contributed by atoms with Crippen LogP contribution in [-0.4, -0.2) is 57.2 Å². The van der Waals surface area contributed by atoms with E-state index in [0.717, 1.165) is 43.1 Å². The van der Waals surface area contributed by atoms with Crippen LogP contribution in [0, 0.1) is 0 Å². The molecule has 0 radical (unpaired) electrons. The number of para-hydroxylation sites is 1. The minimum atomic E-state index is -0.305. The van der Waals surface area contributed by atoms with Gasteiger partial charge in [0, 0.05) is 25.6 Å². The third kappa shape index (κ3) is 3.11. The molecule has 1 aromatic carbocycles. The van der Waals surface area contributed by atoms with E-state index in [9.17, 15) is 9.59 Å². The largest absolute Gasteiger partial charge is 0.487 e. The van der Waals surface area contributed by atoms with E-state index < -0.39 is 0 Å². The Morgan fingerprint density at radius 3 is 2.62 bits per heavy atom. The second kappa shape index (κ2) is 7.15. The highest BCUT2D eigenvalue weighted by atomic mass is 16.5. The van der Waals surface area contributed by atoms with E-state index in [-0.39, 0.29) is 17.9 Å². The number of piperidine rings is 2. The molecule has 0 aromatic heterocycles. The van der Waals surface area contributed by atoms with Gasteiger partial charge in [0.1, 0.15) is 12.6 Å². The fourth-order valence-corrected chi connectivity index (χ4v) is 4.21. The SMILES string of the molecule is CNC1CCN(c2cccc3c2OCCN3C2CCC(=O)NC2=O)CC1. The van der Waals surface area contributed by atoms with Gasteiger partial charge in [-0.15, -0.1) is 0 Å². The number of nitrogens with one attached hydrogen (secondary N) is 2. The Morgan fingerprint density at radius 1 is 1.12 bits per heavy atom. The number of fused-ring (bicyclic) bond motifs is 1. The van der Waals surface area contributed by atoms with Crippen LogP contribution in [0.15, 0.2) is 18.2 Å². The minimum Gasteiger partial charge on any atom is -0.487 e. The second-order valence-corrected chi connectivity index (χ2v) is 7.18. The minimum absolute atomic E-state index is 0.180. The van der Waals surface area contributed by atoms with Gasteiger partial charge >= 0.3 is 0 Å². The number of imide groups is 1. The Morgan fingerprint density at radius 2 is 1.88 bits per heavy atom. The van der Waals surface area contributed by atoms with Gasteiger partial charge in [0.05, 0.1) is 17.9 Å². The van der Waals surface area contributed by atoms with E-state index in [4.69, 9.17) is 4.74 Å². The molecule has 2 amide bonds. The number of ether oxygens (including phenoxy) is 1. The molecule has 2 N–H and O–H groups in total. The van der Waals surface area contributed by atoms with Crippen LogP contribution in [-0.2, 0) is 9.59 Å². The normalized spacial score (nSPS) is 24.1. The highest BCUT2D eigenvalue weighted by Crippen LogP contribution is 2.42. The molecule has 1 unspecified atom stereocenters. The molecule has 26 heavy (non-hydrogen) atoms. The molecule has 2 fully saturated rings. The summed E-state index contributed by atoms with van der Waals surface area (Å²) in [4.78, 5) is 28.3. The molecule has 0 saturated carbocycles. The molecule has 1 aromatic rings. The van der Waals surface area contributed by atoms with Gasteiger partial charge in [-0.25, -0.2) is 0 Å². The Kier molecular flexibility index (Phi) is 4.72. The first-order chi connectivity index (χ1) is 12.7. The summed E-state index contributed by atoms with van der Waals surface area (Å²) in [6, 6.07) is 6.42. The summed E-state index contributed by atoms with van der Waals surface area (Å²) >= 11 is 0. The van der Waals surface area contributed by atoms with E-state index in [1.54, 1.807) is 0 Å². The van der Waals surface area contributed by atoms with E-state index in [1.165, 1.54) is 0 Å². The zero-order valence-corrected chi connectivity index (χ0v) is 15.2. The van der Waals surface area contributed by atoms with Crippen molar-refractivity contribution in [3.05, 3.63) is 18.2 Å². The monoisotopic (exact) mass is 358 g/mol. The number of nitrogens with zero attached hydrogens (tertiary/aromatic N) is 2. The summed E-state index contributed by atoms with van der Waals surface area (Å²) in [5.41, 5.74) is 2.06. The highest BCUT2D eigenvalue weighted by molar-refractivity contribution is 6.02. The summed E-state index contributed by atoms with van der Waals surface area (Å²) in [6.07, 6.45) is 3.16. The summed E-state index contributed by atoms with van der Waals surface area (Å²) in [5.74, 6) is 0.488. The first-order valence-corrected chi connectivity index (χ1v) is 9.45. The predicted octanol–water partition coefficient (Wildman–Crippen LogP) is 0.879. The van der Waals surface area contributed by atoms with Gasteiger partial charge in [0.15, 0.2) is 5.75 Å². The smallest absolute Gasteiger partial charge is 0.249 e. The Hall–Kier alpha value is -2.28. The lowest BCUT2D eigenvalue weighted by Gasteiger charge is -2.40. The van der Waals surface area contributed by atoms with Crippen LogP contribution in [0.4, 0.5) is 11.4 Å². The van der Waals surface area contributed by atoms with E-state index in [2.05, 4.69) is 26.5 Å². The maximum atomic E-state index is 12.3. The lowest BCUT2D eigenvalue weighted by atomic mass is 10.0. The van der Waals surface area contributed by atoms with Crippen LogP contribution < -0.4 is 25.2 Å². The van der Waals surface area contributed by atoms with Gasteiger partial charge in [0.25, 0.3) is 0 Å². The van der Waals surface area contributed by atoms with E-state index >= 15 is 0 Å². The summed E-state index contributed by atoms with van der Waals surface area (Å²) in [6.45, 7) is 3.19. The number of anilines is 2. The van der Waals surface area contributed by atoms with Crippen LogP contribution in [0.25, 0.3) is 0 Å². The Balaban J connectivity index is 1.59. The van der Waals surface area contributed by atoms with Crippen LogP contribution in [0.1, 0.15) is 25.7 Å². The Labute approximate surface area is 153 Å². The molecular weight excluding hydrogens is 332 g/mol. The zero-order valence-electron chi connectivity index (χ0n) is 15.2. The molecule has 1 atom stereocenters. The lowest BCUT2D eigenvalue weighted by molar-refractivity contribution is -0.134. The molecule has 4 rings (SSSR count). The lowest BCUT2D eigenvalue weighted by Crippen LogP contribution is -2.54. The van der Waals surface area contributed by atoms with Gasteiger partial charge in [-0.05, 0) is 38.4 Å². The standard InChI is InChI=1S/C19H26N4O3/c1-20-13-7-9-22(10-8-13)14-3-2-4-15-18(14)26-12-11-23(15)16-5-6-17(24)21-19(16)25/h2-4,13,16,20H,5-12H2,1H3,(H,21,24,25). The van der Waals surface area contributed by atoms with Crippen LogP contribution in [0.2, 0.25) is 0 Å². The van der Waals surface area contributed by atoms with Crippen molar-refractivity contribution in [3.63, 3.8) is 0 Å². The van der Waals surface area contributed by atoms with Crippen molar-refractivity contribution >= 4 is 23.2 Å². The van der Waals surface area contributed by atoms with Crippen LogP contribution in [0.3, 0.4) is 0 Å². The quantitative estimate of drug-likeness (QED) is 0.782. The number of carbonyl (C=O) groups excluding carboxylic acids is 2. The number of hydrogen-bond acceptors (Lipinski definition) is 6. The van der Waals surface area contributed by atoms with Crippen molar-refractivity contribution in [2.24, 2.45) is 0 Å². The number of amides is 2. The topological polar surface area (TPSA) is 73.9 Å². The second-order valence-electron chi connectivity index (χ2n) is 7.18. The van der Waals surface area contributed by atoms with E-state index in [1.807, 2.05) is 19.2 Å². The molecule has 2 saturated heterocycles.